The minimum Gasteiger partial charge on any atom is -0.397 e. The molecule has 0 aliphatic carbocycles. The molecule has 1 heterocycles. The van der Waals surface area contributed by atoms with Gasteiger partial charge in [0, 0.05) is 0 Å². The van der Waals surface area contributed by atoms with E-state index in [2.05, 4.69) is 26.2 Å². The Morgan fingerprint density at radius 1 is 1.39 bits per heavy atom. The molecule has 2 rings (SSSR count). The summed E-state index contributed by atoms with van der Waals surface area (Å²) in [5.74, 6) is 0.0498. The molecule has 3 N–H and O–H groups in total. The van der Waals surface area contributed by atoms with E-state index >= 15 is 0 Å². The fourth-order valence-corrected chi connectivity index (χ4v) is 1.86. The van der Waals surface area contributed by atoms with Crippen molar-refractivity contribution in [3.05, 3.63) is 46.3 Å². The van der Waals surface area contributed by atoms with Gasteiger partial charge in [-0.15, -0.1) is 0 Å². The number of hydrogen-bond donors (Lipinski definition) is 2. The minimum atomic E-state index is -0.457. The highest BCUT2D eigenvalue weighted by Crippen LogP contribution is 2.27. The van der Waals surface area contributed by atoms with Gasteiger partial charge in [-0.25, -0.2) is 9.37 Å². The lowest BCUT2D eigenvalue weighted by molar-refractivity contribution is 0.627. The predicted octanol–water partition coefficient (Wildman–Crippen LogP) is 3.18. The van der Waals surface area contributed by atoms with Crippen molar-refractivity contribution in [3.63, 3.8) is 0 Å². The number of hydrogen-bond acceptors (Lipinski definition) is 4. The zero-order valence-electron chi connectivity index (χ0n) is 9.11. The van der Waals surface area contributed by atoms with Crippen LogP contribution in [0.2, 0.25) is 0 Å². The van der Waals surface area contributed by atoms with Crippen molar-refractivity contribution < 1.29 is 4.39 Å². The first kappa shape index (κ1) is 12.3. The molecule has 4 nitrogen and oxygen atoms in total. The van der Waals surface area contributed by atoms with Crippen LogP contribution in [0.4, 0.5) is 21.6 Å². The van der Waals surface area contributed by atoms with Gasteiger partial charge in [-0.3, -0.25) is 0 Å². The van der Waals surface area contributed by atoms with Crippen LogP contribution >= 0.6 is 15.9 Å². The molecule has 90 valence electrons. The number of nitriles is 1. The summed E-state index contributed by atoms with van der Waals surface area (Å²) in [5, 5.41) is 11.9. The van der Waals surface area contributed by atoms with E-state index in [1.54, 1.807) is 6.07 Å². The third-order valence-corrected chi connectivity index (χ3v) is 2.82. The Morgan fingerprint density at radius 3 is 2.83 bits per heavy atom. The normalized spacial score (nSPS) is 9.83. The van der Waals surface area contributed by atoms with Gasteiger partial charge in [0.1, 0.15) is 17.7 Å². The van der Waals surface area contributed by atoms with Crippen molar-refractivity contribution in [2.45, 2.75) is 0 Å². The largest absolute Gasteiger partial charge is 0.397 e. The van der Waals surface area contributed by atoms with Gasteiger partial charge in [0.15, 0.2) is 0 Å². The SMILES string of the molecule is N#Cc1cc(F)ccc1Nc1ncc(N)cc1Br. The molecule has 18 heavy (non-hydrogen) atoms. The van der Waals surface area contributed by atoms with E-state index < -0.39 is 5.82 Å². The number of rotatable bonds is 2. The Kier molecular flexibility index (Phi) is 3.44. The van der Waals surface area contributed by atoms with Gasteiger partial charge in [-0.1, -0.05) is 0 Å². The van der Waals surface area contributed by atoms with Gasteiger partial charge in [-0.05, 0) is 40.2 Å². The van der Waals surface area contributed by atoms with E-state index in [9.17, 15) is 4.39 Å². The van der Waals surface area contributed by atoms with Gasteiger partial charge < -0.3 is 11.1 Å². The van der Waals surface area contributed by atoms with E-state index in [0.717, 1.165) is 6.07 Å². The summed E-state index contributed by atoms with van der Waals surface area (Å²) < 4.78 is 13.6. The van der Waals surface area contributed by atoms with Crippen molar-refractivity contribution in [1.82, 2.24) is 4.98 Å². The van der Waals surface area contributed by atoms with E-state index in [4.69, 9.17) is 11.0 Å². The number of benzene rings is 1. The maximum absolute atomic E-state index is 13.0. The maximum Gasteiger partial charge on any atom is 0.144 e. The van der Waals surface area contributed by atoms with Crippen LogP contribution in [0.25, 0.3) is 0 Å². The van der Waals surface area contributed by atoms with E-state index in [1.807, 2.05) is 6.07 Å². The second-order valence-electron chi connectivity index (χ2n) is 3.53. The zero-order chi connectivity index (χ0) is 13.1. The number of halogens is 2. The second-order valence-corrected chi connectivity index (χ2v) is 4.38. The van der Waals surface area contributed by atoms with Gasteiger partial charge in [0.05, 0.1) is 27.6 Å². The molecule has 1 aromatic carbocycles. The summed E-state index contributed by atoms with van der Waals surface area (Å²) in [6.45, 7) is 0. The standard InChI is InChI=1S/C12H8BrFN4/c13-10-4-9(16)6-17-12(10)18-11-2-1-8(14)3-7(11)5-15/h1-4,6H,16H2,(H,17,18). The lowest BCUT2D eigenvalue weighted by atomic mass is 10.2. The summed E-state index contributed by atoms with van der Waals surface area (Å²) >= 11 is 3.30. The van der Waals surface area contributed by atoms with Crippen molar-refractivity contribution in [1.29, 1.82) is 5.26 Å². The number of nitrogens with one attached hydrogen (secondary N) is 1. The lowest BCUT2D eigenvalue weighted by Gasteiger charge is -2.09. The number of anilines is 3. The van der Waals surface area contributed by atoms with Crippen LogP contribution < -0.4 is 11.1 Å². The molecule has 6 heteroatoms. The predicted molar refractivity (Wildman–Crippen MR) is 70.7 cm³/mol. The van der Waals surface area contributed by atoms with Crippen molar-refractivity contribution >= 4 is 33.1 Å². The number of nitrogen functional groups attached to an aromatic ring is 1. The average molecular weight is 307 g/mol. The highest BCUT2D eigenvalue weighted by Gasteiger charge is 2.07. The minimum absolute atomic E-state index is 0.209. The van der Waals surface area contributed by atoms with Gasteiger partial charge in [0.2, 0.25) is 0 Å². The highest BCUT2D eigenvalue weighted by molar-refractivity contribution is 9.10. The molecule has 0 aliphatic heterocycles. The number of nitrogens with zero attached hydrogens (tertiary/aromatic N) is 2. The van der Waals surface area contributed by atoms with Crippen LogP contribution in [0.5, 0.6) is 0 Å². The summed E-state index contributed by atoms with van der Waals surface area (Å²) in [6.07, 6.45) is 1.49. The summed E-state index contributed by atoms with van der Waals surface area (Å²) in [6, 6.07) is 7.52. The molecule has 0 saturated heterocycles. The fraction of sp³-hybridized carbons (Fsp3) is 0. The Hall–Kier alpha value is -2.13. The third-order valence-electron chi connectivity index (χ3n) is 2.22. The van der Waals surface area contributed by atoms with Gasteiger partial charge in [-0.2, -0.15) is 5.26 Å². The zero-order valence-corrected chi connectivity index (χ0v) is 10.7. The molecular formula is C12H8BrFN4. The van der Waals surface area contributed by atoms with Crippen molar-refractivity contribution in [2.75, 3.05) is 11.1 Å². The Labute approximate surface area is 111 Å². The van der Waals surface area contributed by atoms with Crippen LogP contribution in [0.1, 0.15) is 5.56 Å². The molecule has 0 amide bonds. The van der Waals surface area contributed by atoms with Crippen LogP contribution in [0, 0.1) is 17.1 Å². The maximum atomic E-state index is 13.0. The number of aromatic nitrogens is 1. The van der Waals surface area contributed by atoms with Crippen molar-refractivity contribution in [2.24, 2.45) is 0 Å². The van der Waals surface area contributed by atoms with E-state index in [1.165, 1.54) is 18.3 Å². The molecule has 0 radical (unpaired) electrons. The first-order valence-electron chi connectivity index (χ1n) is 4.98. The van der Waals surface area contributed by atoms with Gasteiger partial charge >= 0.3 is 0 Å². The van der Waals surface area contributed by atoms with Crippen LogP contribution in [-0.2, 0) is 0 Å². The van der Waals surface area contributed by atoms with Crippen molar-refractivity contribution in [3.8, 4) is 6.07 Å². The van der Waals surface area contributed by atoms with Gasteiger partial charge in [0.25, 0.3) is 0 Å². The van der Waals surface area contributed by atoms with E-state index in [-0.39, 0.29) is 5.56 Å². The first-order chi connectivity index (χ1) is 8.60. The lowest BCUT2D eigenvalue weighted by Crippen LogP contribution is -1.98. The van der Waals surface area contributed by atoms with Crippen LogP contribution in [0.15, 0.2) is 34.9 Å². The molecule has 1 aromatic heterocycles. The first-order valence-corrected chi connectivity index (χ1v) is 5.77. The average Bonchev–Trinajstić information content (AvgIpc) is 2.34. The van der Waals surface area contributed by atoms with E-state index in [0.29, 0.717) is 21.7 Å². The summed E-state index contributed by atoms with van der Waals surface area (Å²) in [7, 11) is 0. The fourth-order valence-electron chi connectivity index (χ4n) is 1.39. The topological polar surface area (TPSA) is 74.7 Å². The Bertz CT molecular complexity index is 636. The smallest absolute Gasteiger partial charge is 0.144 e. The molecule has 0 saturated carbocycles. The van der Waals surface area contributed by atoms with Crippen LogP contribution in [0.3, 0.4) is 0 Å². The monoisotopic (exact) mass is 306 g/mol. The molecule has 0 aliphatic rings. The highest BCUT2D eigenvalue weighted by atomic mass is 79.9. The third kappa shape index (κ3) is 2.57. The molecule has 0 unspecified atom stereocenters. The quantitative estimate of drug-likeness (QED) is 0.893. The molecule has 0 atom stereocenters. The number of pyridine rings is 1. The second kappa shape index (κ2) is 5.02. The number of nitrogens with two attached hydrogens (primary N) is 1. The Morgan fingerprint density at radius 2 is 2.17 bits per heavy atom. The molecular weight excluding hydrogens is 299 g/mol. The molecule has 0 fully saturated rings. The molecule has 0 spiro atoms. The molecule has 2 aromatic rings. The Balaban J connectivity index is 2.37. The summed E-state index contributed by atoms with van der Waals surface area (Å²) in [5.41, 5.74) is 6.79. The van der Waals surface area contributed by atoms with Crippen LogP contribution in [-0.4, -0.2) is 4.98 Å². The summed E-state index contributed by atoms with van der Waals surface area (Å²) in [4.78, 5) is 4.08. The molecule has 0 bridgehead atoms.